The molecule has 0 spiro atoms. The number of hydrogen-bond donors (Lipinski definition) is 2. The van der Waals surface area contributed by atoms with E-state index in [1.165, 1.54) is 24.8 Å². The van der Waals surface area contributed by atoms with Crippen molar-refractivity contribution in [1.82, 2.24) is 20.2 Å². The number of aliphatic imine (C=N–C) groups is 1. The Morgan fingerprint density at radius 1 is 1.12 bits per heavy atom. The average Bonchev–Trinajstić information content (AvgIpc) is 3.05. The monoisotopic (exact) mass is 455 g/mol. The molecule has 1 aromatic heterocycles. The van der Waals surface area contributed by atoms with Gasteiger partial charge in [0.15, 0.2) is 5.96 Å². The van der Waals surface area contributed by atoms with Gasteiger partial charge in [0, 0.05) is 45.5 Å². The van der Waals surface area contributed by atoms with Gasteiger partial charge >= 0.3 is 0 Å². The van der Waals surface area contributed by atoms with Crippen LogP contribution in [0.1, 0.15) is 37.6 Å². The van der Waals surface area contributed by atoms with Gasteiger partial charge < -0.3 is 15.2 Å². The van der Waals surface area contributed by atoms with E-state index in [-0.39, 0.29) is 24.0 Å². The van der Waals surface area contributed by atoms with Crippen molar-refractivity contribution in [2.45, 2.75) is 39.2 Å². The highest BCUT2D eigenvalue weighted by Gasteiger charge is 2.04. The van der Waals surface area contributed by atoms with E-state index in [0.717, 1.165) is 37.8 Å². The van der Waals surface area contributed by atoms with E-state index in [9.17, 15) is 0 Å². The second kappa shape index (κ2) is 12.7. The van der Waals surface area contributed by atoms with Gasteiger partial charge in [-0.3, -0.25) is 4.99 Å². The summed E-state index contributed by atoms with van der Waals surface area (Å²) in [5.41, 5.74) is 1.29. The molecule has 1 aromatic carbocycles. The molecule has 0 bridgehead atoms. The standard InChI is InChI=1S/C19H29N5.HI/c1-3-4-8-12-22-19(20-2)23-13-11-18-21-14-15-24(18)16-17-9-6-5-7-10-17;/h5-7,9-10,14-15H,3-4,8,11-13,16H2,1-2H3,(H2,20,22,23);1H. The maximum atomic E-state index is 4.48. The topological polar surface area (TPSA) is 54.2 Å². The quantitative estimate of drug-likeness (QED) is 0.264. The van der Waals surface area contributed by atoms with E-state index in [4.69, 9.17) is 0 Å². The van der Waals surface area contributed by atoms with Crippen molar-refractivity contribution >= 4 is 29.9 Å². The maximum absolute atomic E-state index is 4.48. The molecule has 1 heterocycles. The Labute approximate surface area is 168 Å². The molecular formula is C19H30IN5. The highest BCUT2D eigenvalue weighted by molar-refractivity contribution is 14.0. The van der Waals surface area contributed by atoms with E-state index in [0.29, 0.717) is 0 Å². The molecule has 0 amide bonds. The summed E-state index contributed by atoms with van der Waals surface area (Å²) < 4.78 is 2.20. The first-order chi connectivity index (χ1) is 11.8. The van der Waals surface area contributed by atoms with Gasteiger partial charge in [-0.05, 0) is 12.0 Å². The molecule has 0 saturated heterocycles. The zero-order valence-electron chi connectivity index (χ0n) is 15.2. The molecule has 2 N–H and O–H groups in total. The molecule has 0 atom stereocenters. The lowest BCUT2D eigenvalue weighted by molar-refractivity contribution is 0.671. The van der Waals surface area contributed by atoms with Gasteiger partial charge in [-0.25, -0.2) is 4.98 Å². The van der Waals surface area contributed by atoms with Crippen molar-refractivity contribution in [1.29, 1.82) is 0 Å². The SMILES string of the molecule is CCCCCNC(=NC)NCCc1nccn1Cc1ccccc1.I. The molecule has 0 fully saturated rings. The van der Waals surface area contributed by atoms with E-state index in [1.54, 1.807) is 0 Å². The maximum Gasteiger partial charge on any atom is 0.190 e. The van der Waals surface area contributed by atoms with Gasteiger partial charge in [0.2, 0.25) is 0 Å². The van der Waals surface area contributed by atoms with Crippen LogP contribution in [0.25, 0.3) is 0 Å². The van der Waals surface area contributed by atoms with E-state index in [2.05, 4.69) is 56.4 Å². The summed E-state index contributed by atoms with van der Waals surface area (Å²) in [7, 11) is 1.81. The third-order valence-corrected chi connectivity index (χ3v) is 3.93. The first kappa shape index (κ1) is 21.5. The molecule has 0 radical (unpaired) electrons. The summed E-state index contributed by atoms with van der Waals surface area (Å²) in [6.45, 7) is 4.86. The van der Waals surface area contributed by atoms with Gasteiger partial charge in [-0.1, -0.05) is 50.1 Å². The van der Waals surface area contributed by atoms with Gasteiger partial charge in [-0.15, -0.1) is 24.0 Å². The minimum absolute atomic E-state index is 0. The minimum atomic E-state index is 0. The molecule has 0 aliphatic heterocycles. The highest BCUT2D eigenvalue weighted by Crippen LogP contribution is 2.05. The Balaban J connectivity index is 0.00000312. The molecule has 138 valence electrons. The molecule has 0 unspecified atom stereocenters. The Bertz CT molecular complexity index is 609. The predicted octanol–water partition coefficient (Wildman–Crippen LogP) is 3.45. The molecular weight excluding hydrogens is 425 g/mol. The fourth-order valence-corrected chi connectivity index (χ4v) is 2.59. The van der Waals surface area contributed by atoms with Gasteiger partial charge in [0.1, 0.15) is 5.82 Å². The fraction of sp³-hybridized carbons (Fsp3) is 0.474. The number of guanidine groups is 1. The molecule has 2 aromatic rings. The zero-order chi connectivity index (χ0) is 17.0. The number of rotatable bonds is 9. The number of imidazole rings is 1. The van der Waals surface area contributed by atoms with Crippen LogP contribution in [0, 0.1) is 0 Å². The predicted molar refractivity (Wildman–Crippen MR) is 116 cm³/mol. The van der Waals surface area contributed by atoms with E-state index in [1.807, 2.05) is 25.5 Å². The number of hydrogen-bond acceptors (Lipinski definition) is 2. The molecule has 25 heavy (non-hydrogen) atoms. The van der Waals surface area contributed by atoms with Crippen LogP contribution < -0.4 is 10.6 Å². The lowest BCUT2D eigenvalue weighted by atomic mass is 10.2. The van der Waals surface area contributed by atoms with Crippen LogP contribution in [0.2, 0.25) is 0 Å². The number of benzene rings is 1. The lowest BCUT2D eigenvalue weighted by Crippen LogP contribution is -2.38. The first-order valence-corrected chi connectivity index (χ1v) is 8.82. The lowest BCUT2D eigenvalue weighted by Gasteiger charge is -2.12. The van der Waals surface area contributed by atoms with Crippen molar-refractivity contribution in [2.24, 2.45) is 4.99 Å². The summed E-state index contributed by atoms with van der Waals surface area (Å²) in [6, 6.07) is 10.5. The highest BCUT2D eigenvalue weighted by atomic mass is 127. The molecule has 0 aliphatic carbocycles. The summed E-state index contributed by atoms with van der Waals surface area (Å²) in [6.07, 6.45) is 8.45. The normalized spacial score (nSPS) is 11.0. The van der Waals surface area contributed by atoms with Crippen LogP contribution in [0.3, 0.4) is 0 Å². The van der Waals surface area contributed by atoms with Crippen molar-refractivity contribution in [2.75, 3.05) is 20.1 Å². The minimum Gasteiger partial charge on any atom is -0.356 e. The number of unbranched alkanes of at least 4 members (excludes halogenated alkanes) is 2. The smallest absolute Gasteiger partial charge is 0.190 e. The Morgan fingerprint density at radius 3 is 2.60 bits per heavy atom. The van der Waals surface area contributed by atoms with Crippen LogP contribution in [0.15, 0.2) is 47.7 Å². The number of aromatic nitrogens is 2. The van der Waals surface area contributed by atoms with Crippen molar-refractivity contribution in [3.05, 3.63) is 54.1 Å². The van der Waals surface area contributed by atoms with Crippen molar-refractivity contribution in [3.63, 3.8) is 0 Å². The summed E-state index contributed by atoms with van der Waals surface area (Å²) in [4.78, 5) is 8.75. The summed E-state index contributed by atoms with van der Waals surface area (Å²) >= 11 is 0. The summed E-state index contributed by atoms with van der Waals surface area (Å²) in [5.74, 6) is 1.96. The molecule has 6 heteroatoms. The van der Waals surface area contributed by atoms with Gasteiger partial charge in [-0.2, -0.15) is 0 Å². The zero-order valence-corrected chi connectivity index (χ0v) is 17.6. The molecule has 0 aliphatic rings. The Kier molecular flexibility index (Phi) is 10.9. The third kappa shape index (κ3) is 7.90. The van der Waals surface area contributed by atoms with Gasteiger partial charge in [0.25, 0.3) is 0 Å². The van der Waals surface area contributed by atoms with E-state index < -0.39 is 0 Å². The van der Waals surface area contributed by atoms with Crippen molar-refractivity contribution < 1.29 is 0 Å². The second-order valence-electron chi connectivity index (χ2n) is 5.84. The Morgan fingerprint density at radius 2 is 1.88 bits per heavy atom. The van der Waals surface area contributed by atoms with Crippen LogP contribution in [-0.2, 0) is 13.0 Å². The second-order valence-corrected chi connectivity index (χ2v) is 5.84. The van der Waals surface area contributed by atoms with Crippen LogP contribution in [0.5, 0.6) is 0 Å². The first-order valence-electron chi connectivity index (χ1n) is 8.82. The Hall–Kier alpha value is -1.57. The molecule has 2 rings (SSSR count). The number of nitrogens with one attached hydrogen (secondary N) is 2. The van der Waals surface area contributed by atoms with Crippen LogP contribution in [-0.4, -0.2) is 35.6 Å². The average molecular weight is 455 g/mol. The number of nitrogens with zero attached hydrogens (tertiary/aromatic N) is 3. The third-order valence-electron chi connectivity index (χ3n) is 3.93. The van der Waals surface area contributed by atoms with Crippen molar-refractivity contribution in [3.8, 4) is 0 Å². The molecule has 5 nitrogen and oxygen atoms in total. The molecule has 0 saturated carbocycles. The fourth-order valence-electron chi connectivity index (χ4n) is 2.59. The largest absolute Gasteiger partial charge is 0.356 e. The van der Waals surface area contributed by atoms with Crippen LogP contribution in [0.4, 0.5) is 0 Å². The number of halogens is 1. The summed E-state index contributed by atoms with van der Waals surface area (Å²) in [5, 5.41) is 6.71. The van der Waals surface area contributed by atoms with Gasteiger partial charge in [0.05, 0.1) is 0 Å². The van der Waals surface area contributed by atoms with E-state index >= 15 is 0 Å². The van der Waals surface area contributed by atoms with Crippen LogP contribution >= 0.6 is 24.0 Å².